The Kier molecular flexibility index (Phi) is 5.71. The van der Waals surface area contributed by atoms with Crippen LogP contribution in [0.15, 0.2) is 53.6 Å². The van der Waals surface area contributed by atoms with E-state index in [-0.39, 0.29) is 5.13 Å². The van der Waals surface area contributed by atoms with Crippen molar-refractivity contribution < 1.29 is 21.6 Å². The van der Waals surface area contributed by atoms with Gasteiger partial charge in [-0.05, 0) is 36.8 Å². The minimum atomic E-state index is -4.63. The third-order valence-electron chi connectivity index (χ3n) is 3.78. The molecule has 0 aliphatic heterocycles. The van der Waals surface area contributed by atoms with Gasteiger partial charge < -0.3 is 0 Å². The molecule has 1 aromatic carbocycles. The van der Waals surface area contributed by atoms with Gasteiger partial charge in [-0.3, -0.25) is 9.71 Å². The molecule has 3 aromatic rings. The maximum atomic E-state index is 12.9. The molecular formula is C18H16F3N3O2S2. The minimum Gasteiger partial charge on any atom is -0.255 e. The van der Waals surface area contributed by atoms with Gasteiger partial charge in [-0.25, -0.2) is 13.4 Å². The first-order chi connectivity index (χ1) is 13.2. The van der Waals surface area contributed by atoms with Crippen molar-refractivity contribution in [2.75, 3.05) is 4.72 Å². The van der Waals surface area contributed by atoms with E-state index >= 15 is 0 Å². The SMILES string of the molecule is CCCc1sc(NS(=O)(=O)c2cccc(C(F)(F)F)c2)nc1-c1ccccn1. The Morgan fingerprint density at radius 1 is 1.14 bits per heavy atom. The lowest BCUT2D eigenvalue weighted by atomic mass is 10.2. The summed E-state index contributed by atoms with van der Waals surface area (Å²) in [6, 6.07) is 8.90. The highest BCUT2D eigenvalue weighted by Crippen LogP contribution is 2.34. The number of pyridine rings is 1. The van der Waals surface area contributed by atoms with Crippen LogP contribution in [0.3, 0.4) is 0 Å². The van der Waals surface area contributed by atoms with Crippen LogP contribution in [0.4, 0.5) is 18.3 Å². The average molecular weight is 427 g/mol. The van der Waals surface area contributed by atoms with Crippen LogP contribution in [-0.2, 0) is 22.6 Å². The topological polar surface area (TPSA) is 72.0 Å². The third kappa shape index (κ3) is 4.50. The van der Waals surface area contributed by atoms with Gasteiger partial charge >= 0.3 is 6.18 Å². The first-order valence-corrected chi connectivity index (χ1v) is 10.6. The standard InChI is InChI=1S/C18H16F3N3O2S2/c1-2-6-15-16(14-9-3-4-10-22-14)23-17(27-15)24-28(25,26)13-8-5-7-12(11-13)18(19,20)21/h3-5,7-11H,2,6H2,1H3,(H,23,24). The van der Waals surface area contributed by atoms with Crippen molar-refractivity contribution in [1.82, 2.24) is 9.97 Å². The van der Waals surface area contributed by atoms with Gasteiger partial charge in [0.15, 0.2) is 5.13 Å². The van der Waals surface area contributed by atoms with Crippen LogP contribution in [-0.4, -0.2) is 18.4 Å². The van der Waals surface area contributed by atoms with Gasteiger partial charge in [-0.15, -0.1) is 11.3 Å². The number of thiazole rings is 1. The molecule has 0 aliphatic carbocycles. The molecule has 28 heavy (non-hydrogen) atoms. The summed E-state index contributed by atoms with van der Waals surface area (Å²) in [5.74, 6) is 0. The molecule has 0 spiro atoms. The van der Waals surface area contributed by atoms with Crippen molar-refractivity contribution >= 4 is 26.5 Å². The minimum absolute atomic E-state index is 0.0847. The first kappa shape index (κ1) is 20.3. The lowest BCUT2D eigenvalue weighted by Crippen LogP contribution is -2.14. The quantitative estimate of drug-likeness (QED) is 0.602. The van der Waals surface area contributed by atoms with Crippen LogP contribution in [0, 0.1) is 0 Å². The summed E-state index contributed by atoms with van der Waals surface area (Å²) in [4.78, 5) is 8.94. The Labute approximate surface area is 164 Å². The summed E-state index contributed by atoms with van der Waals surface area (Å²) in [6.45, 7) is 1.98. The van der Waals surface area contributed by atoms with Crippen LogP contribution in [0.5, 0.6) is 0 Å². The predicted octanol–water partition coefficient (Wildman–Crippen LogP) is 4.98. The number of anilines is 1. The monoisotopic (exact) mass is 427 g/mol. The van der Waals surface area contributed by atoms with Gasteiger partial charge in [0.25, 0.3) is 10.0 Å². The molecule has 0 unspecified atom stereocenters. The fourth-order valence-electron chi connectivity index (χ4n) is 2.51. The zero-order valence-corrected chi connectivity index (χ0v) is 16.3. The molecule has 0 fully saturated rings. The largest absolute Gasteiger partial charge is 0.416 e. The molecule has 0 atom stereocenters. The molecular weight excluding hydrogens is 411 g/mol. The summed E-state index contributed by atoms with van der Waals surface area (Å²) in [5.41, 5.74) is 0.135. The number of sulfonamides is 1. The number of hydrogen-bond acceptors (Lipinski definition) is 5. The maximum absolute atomic E-state index is 12.9. The second-order valence-electron chi connectivity index (χ2n) is 5.89. The van der Waals surface area contributed by atoms with E-state index in [4.69, 9.17) is 0 Å². The molecule has 0 saturated heterocycles. The Hall–Kier alpha value is -2.46. The zero-order valence-electron chi connectivity index (χ0n) is 14.7. The molecule has 3 rings (SSSR count). The average Bonchev–Trinajstić information content (AvgIpc) is 3.04. The third-order valence-corrected chi connectivity index (χ3v) is 6.27. The molecule has 2 heterocycles. The maximum Gasteiger partial charge on any atom is 0.416 e. The summed E-state index contributed by atoms with van der Waals surface area (Å²) in [7, 11) is -4.22. The number of aromatic nitrogens is 2. The molecule has 5 nitrogen and oxygen atoms in total. The fraction of sp³-hybridized carbons (Fsp3) is 0.222. The van der Waals surface area contributed by atoms with Gasteiger partial charge in [0.1, 0.15) is 5.69 Å². The Morgan fingerprint density at radius 2 is 1.93 bits per heavy atom. The summed E-state index contributed by atoms with van der Waals surface area (Å²) >= 11 is 1.15. The second kappa shape index (κ2) is 7.88. The van der Waals surface area contributed by atoms with E-state index < -0.39 is 26.7 Å². The lowest BCUT2D eigenvalue weighted by Gasteiger charge is -2.09. The molecule has 2 aromatic heterocycles. The number of alkyl halides is 3. The van der Waals surface area contributed by atoms with E-state index in [1.165, 1.54) is 0 Å². The summed E-state index contributed by atoms with van der Waals surface area (Å²) < 4.78 is 66.1. The van der Waals surface area contributed by atoms with Crippen LogP contribution < -0.4 is 4.72 Å². The number of aryl methyl sites for hydroxylation is 1. The van der Waals surface area contributed by atoms with Gasteiger partial charge in [0.05, 0.1) is 16.2 Å². The van der Waals surface area contributed by atoms with Crippen LogP contribution >= 0.6 is 11.3 Å². The van der Waals surface area contributed by atoms with Gasteiger partial charge in [0.2, 0.25) is 0 Å². The molecule has 1 N–H and O–H groups in total. The highest BCUT2D eigenvalue weighted by molar-refractivity contribution is 7.93. The molecule has 10 heteroatoms. The number of nitrogens with one attached hydrogen (secondary N) is 1. The van der Waals surface area contributed by atoms with Gasteiger partial charge in [-0.2, -0.15) is 13.2 Å². The van der Waals surface area contributed by atoms with Crippen molar-refractivity contribution in [2.45, 2.75) is 30.8 Å². The van der Waals surface area contributed by atoms with Crippen LogP contribution in [0.1, 0.15) is 23.8 Å². The van der Waals surface area contributed by atoms with E-state index in [1.54, 1.807) is 24.4 Å². The molecule has 0 radical (unpaired) electrons. The predicted molar refractivity (Wildman–Crippen MR) is 102 cm³/mol. The molecule has 0 amide bonds. The number of benzene rings is 1. The second-order valence-corrected chi connectivity index (χ2v) is 8.65. The van der Waals surface area contributed by atoms with Crippen molar-refractivity contribution in [3.05, 3.63) is 59.1 Å². The smallest absolute Gasteiger partial charge is 0.255 e. The molecule has 148 valence electrons. The highest BCUT2D eigenvalue weighted by Gasteiger charge is 2.32. The summed E-state index contributed by atoms with van der Waals surface area (Å²) in [5, 5.41) is 0.0847. The van der Waals surface area contributed by atoms with Crippen molar-refractivity contribution in [2.24, 2.45) is 0 Å². The number of nitrogens with zero attached hydrogens (tertiary/aromatic N) is 2. The molecule has 0 aliphatic rings. The normalized spacial score (nSPS) is 12.1. The van der Waals surface area contributed by atoms with Crippen molar-refractivity contribution in [1.29, 1.82) is 0 Å². The van der Waals surface area contributed by atoms with E-state index in [0.29, 0.717) is 23.9 Å². The number of hydrogen-bond donors (Lipinski definition) is 1. The number of halogens is 3. The van der Waals surface area contributed by atoms with Crippen LogP contribution in [0.25, 0.3) is 11.4 Å². The Bertz CT molecular complexity index is 1070. The van der Waals surface area contributed by atoms with Crippen LogP contribution in [0.2, 0.25) is 0 Å². The van der Waals surface area contributed by atoms with Crippen molar-refractivity contribution in [3.8, 4) is 11.4 Å². The molecule has 0 saturated carbocycles. The lowest BCUT2D eigenvalue weighted by molar-refractivity contribution is -0.137. The first-order valence-electron chi connectivity index (χ1n) is 8.32. The van der Waals surface area contributed by atoms with E-state index in [1.807, 2.05) is 6.92 Å². The molecule has 0 bridgehead atoms. The Morgan fingerprint density at radius 3 is 2.57 bits per heavy atom. The van der Waals surface area contributed by atoms with Gasteiger partial charge in [0, 0.05) is 11.1 Å². The van der Waals surface area contributed by atoms with E-state index in [2.05, 4.69) is 14.7 Å². The van der Waals surface area contributed by atoms with E-state index in [9.17, 15) is 21.6 Å². The summed E-state index contributed by atoms with van der Waals surface area (Å²) in [6.07, 6.45) is -1.53. The van der Waals surface area contributed by atoms with E-state index in [0.717, 1.165) is 40.8 Å². The Balaban J connectivity index is 1.95. The number of rotatable bonds is 6. The van der Waals surface area contributed by atoms with Crippen molar-refractivity contribution in [3.63, 3.8) is 0 Å². The zero-order chi connectivity index (χ0) is 20.4. The van der Waals surface area contributed by atoms with Gasteiger partial charge in [-0.1, -0.05) is 25.5 Å². The highest BCUT2D eigenvalue weighted by atomic mass is 32.2. The fourth-order valence-corrected chi connectivity index (χ4v) is 4.86.